The van der Waals surface area contributed by atoms with Crippen LogP contribution in [0.4, 0.5) is 11.5 Å². The number of hydrogen-bond acceptors (Lipinski definition) is 9. The summed E-state index contributed by atoms with van der Waals surface area (Å²) >= 11 is 2.47. The van der Waals surface area contributed by atoms with Gasteiger partial charge >= 0.3 is 5.97 Å². The highest BCUT2D eigenvalue weighted by Crippen LogP contribution is 2.23. The maximum absolute atomic E-state index is 12.1. The SMILES string of the molecule is CCOC(=O)c1cnc(SC)nc1Nc1ccc(C(=N)SC(C)=N)cc1. The minimum atomic E-state index is -0.487. The van der Waals surface area contributed by atoms with E-state index in [-0.39, 0.29) is 12.2 Å². The lowest BCUT2D eigenvalue weighted by molar-refractivity contribution is 0.0526. The van der Waals surface area contributed by atoms with Gasteiger partial charge in [0.05, 0.1) is 11.7 Å². The Kier molecular flexibility index (Phi) is 7.16. The summed E-state index contributed by atoms with van der Waals surface area (Å²) in [6.45, 7) is 3.65. The molecule has 0 aliphatic carbocycles. The van der Waals surface area contributed by atoms with E-state index in [1.807, 2.05) is 6.26 Å². The number of aromatic nitrogens is 2. The standard InChI is InChI=1S/C17H19N5O2S2/c1-4-24-16(23)13-9-20-17(25-3)22-15(13)21-12-7-5-11(6-8-12)14(19)26-10(2)18/h5-9,18-19H,4H2,1-3H3,(H,20,21,22). The third kappa shape index (κ3) is 5.30. The van der Waals surface area contributed by atoms with E-state index >= 15 is 0 Å². The molecule has 0 bridgehead atoms. The van der Waals surface area contributed by atoms with Crippen molar-refractivity contribution in [3.63, 3.8) is 0 Å². The molecule has 1 aromatic carbocycles. The Balaban J connectivity index is 2.25. The summed E-state index contributed by atoms with van der Waals surface area (Å²) in [5.41, 5.74) is 1.69. The number of benzene rings is 1. The van der Waals surface area contributed by atoms with Crippen molar-refractivity contribution in [3.05, 3.63) is 41.6 Å². The summed E-state index contributed by atoms with van der Waals surface area (Å²) in [6.07, 6.45) is 3.30. The van der Waals surface area contributed by atoms with Gasteiger partial charge in [0.15, 0.2) is 5.16 Å². The molecule has 0 unspecified atom stereocenters. The monoisotopic (exact) mass is 389 g/mol. The normalized spacial score (nSPS) is 10.3. The zero-order chi connectivity index (χ0) is 19.1. The molecule has 0 amide bonds. The molecule has 0 radical (unpaired) electrons. The largest absolute Gasteiger partial charge is 0.462 e. The lowest BCUT2D eigenvalue weighted by Gasteiger charge is -2.11. The predicted molar refractivity (Wildman–Crippen MR) is 107 cm³/mol. The lowest BCUT2D eigenvalue weighted by Crippen LogP contribution is -2.10. The molecule has 1 aromatic heterocycles. The topological polar surface area (TPSA) is 112 Å². The summed E-state index contributed by atoms with van der Waals surface area (Å²) in [5.74, 6) is -0.116. The van der Waals surface area contributed by atoms with Crippen LogP contribution in [0.2, 0.25) is 0 Å². The van der Waals surface area contributed by atoms with Gasteiger partial charge in [-0.1, -0.05) is 35.7 Å². The van der Waals surface area contributed by atoms with Crippen LogP contribution in [0.5, 0.6) is 0 Å². The van der Waals surface area contributed by atoms with Gasteiger partial charge < -0.3 is 10.1 Å². The van der Waals surface area contributed by atoms with Crippen molar-refractivity contribution >= 4 is 51.1 Å². The second kappa shape index (κ2) is 9.35. The molecule has 9 heteroatoms. The molecule has 3 N–H and O–H groups in total. The highest BCUT2D eigenvalue weighted by atomic mass is 32.2. The van der Waals surface area contributed by atoms with Gasteiger partial charge in [-0.05, 0) is 32.2 Å². The number of ether oxygens (including phenoxy) is 1. The first-order valence-corrected chi connectivity index (χ1v) is 9.75. The first-order valence-electron chi connectivity index (χ1n) is 7.71. The van der Waals surface area contributed by atoms with Crippen molar-refractivity contribution < 1.29 is 9.53 Å². The molecule has 0 fully saturated rings. The maximum Gasteiger partial charge on any atom is 0.343 e. The van der Waals surface area contributed by atoms with Crippen LogP contribution in [0.25, 0.3) is 0 Å². The van der Waals surface area contributed by atoms with Crippen LogP contribution in [0.15, 0.2) is 35.6 Å². The first kappa shape index (κ1) is 19.9. The van der Waals surface area contributed by atoms with Crippen molar-refractivity contribution in [2.45, 2.75) is 19.0 Å². The smallest absolute Gasteiger partial charge is 0.343 e. The van der Waals surface area contributed by atoms with Gasteiger partial charge in [-0.2, -0.15) is 0 Å². The third-order valence-electron chi connectivity index (χ3n) is 3.11. The van der Waals surface area contributed by atoms with Crippen molar-refractivity contribution in [2.75, 3.05) is 18.2 Å². The molecule has 0 saturated carbocycles. The van der Waals surface area contributed by atoms with Gasteiger partial charge in [-0.25, -0.2) is 14.8 Å². The number of carbonyl (C=O) groups is 1. The molecule has 0 aliphatic heterocycles. The number of nitrogens with one attached hydrogen (secondary N) is 3. The second-order valence-corrected chi connectivity index (χ2v) is 7.03. The fraction of sp³-hybridized carbons (Fsp3) is 0.235. The number of nitrogens with zero attached hydrogens (tertiary/aromatic N) is 2. The number of esters is 1. The van der Waals surface area contributed by atoms with E-state index in [0.29, 0.717) is 26.6 Å². The van der Waals surface area contributed by atoms with Crippen LogP contribution in [0.1, 0.15) is 29.8 Å². The van der Waals surface area contributed by atoms with E-state index in [1.165, 1.54) is 18.0 Å². The van der Waals surface area contributed by atoms with Gasteiger partial charge in [-0.15, -0.1) is 0 Å². The van der Waals surface area contributed by atoms with Crippen molar-refractivity contribution in [3.8, 4) is 0 Å². The number of anilines is 2. The number of hydrogen-bond donors (Lipinski definition) is 3. The van der Waals surface area contributed by atoms with E-state index in [1.54, 1.807) is 38.1 Å². The van der Waals surface area contributed by atoms with Crippen LogP contribution in [0, 0.1) is 10.8 Å². The van der Waals surface area contributed by atoms with Gasteiger partial charge in [0.2, 0.25) is 0 Å². The maximum atomic E-state index is 12.1. The molecule has 2 rings (SSSR count). The zero-order valence-corrected chi connectivity index (χ0v) is 16.3. The summed E-state index contributed by atoms with van der Waals surface area (Å²) in [4.78, 5) is 20.6. The average molecular weight is 390 g/mol. The molecule has 0 aliphatic rings. The number of carbonyl (C=O) groups excluding carboxylic acids is 1. The Morgan fingerprint density at radius 1 is 1.27 bits per heavy atom. The van der Waals surface area contributed by atoms with Gasteiger partial charge in [0.25, 0.3) is 0 Å². The lowest BCUT2D eigenvalue weighted by atomic mass is 10.2. The molecule has 0 spiro atoms. The molecule has 7 nitrogen and oxygen atoms in total. The summed E-state index contributed by atoms with van der Waals surface area (Å²) in [6, 6.07) is 7.14. The molecular weight excluding hydrogens is 370 g/mol. The number of rotatable bonds is 6. The van der Waals surface area contributed by atoms with E-state index in [2.05, 4.69) is 15.3 Å². The Bertz CT molecular complexity index is 824. The van der Waals surface area contributed by atoms with Gasteiger partial charge in [-0.3, -0.25) is 10.8 Å². The van der Waals surface area contributed by atoms with Crippen LogP contribution >= 0.6 is 23.5 Å². The molecule has 0 saturated heterocycles. The zero-order valence-electron chi connectivity index (χ0n) is 14.6. The van der Waals surface area contributed by atoms with E-state index in [0.717, 1.165) is 17.4 Å². The predicted octanol–water partition coefficient (Wildman–Crippen LogP) is 4.17. The summed E-state index contributed by atoms with van der Waals surface area (Å²) in [5, 5.41) is 19.7. The Hall–Kier alpha value is -2.39. The fourth-order valence-corrected chi connectivity index (χ4v) is 2.87. The van der Waals surface area contributed by atoms with E-state index in [9.17, 15) is 4.79 Å². The Morgan fingerprint density at radius 2 is 1.96 bits per heavy atom. The van der Waals surface area contributed by atoms with Crippen LogP contribution in [-0.2, 0) is 4.74 Å². The minimum absolute atomic E-state index is 0.261. The van der Waals surface area contributed by atoms with Crippen LogP contribution < -0.4 is 5.32 Å². The highest BCUT2D eigenvalue weighted by molar-refractivity contribution is 8.26. The molecule has 136 valence electrons. The number of thioether (sulfide) groups is 2. The Morgan fingerprint density at radius 3 is 2.54 bits per heavy atom. The summed E-state index contributed by atoms with van der Waals surface area (Å²) < 4.78 is 5.05. The third-order valence-corrected chi connectivity index (χ3v) is 4.42. The fourth-order valence-electron chi connectivity index (χ4n) is 1.97. The first-order chi connectivity index (χ1) is 12.4. The van der Waals surface area contributed by atoms with Crippen molar-refractivity contribution in [2.24, 2.45) is 0 Å². The molecule has 1 heterocycles. The van der Waals surface area contributed by atoms with Crippen molar-refractivity contribution in [1.29, 1.82) is 10.8 Å². The average Bonchev–Trinajstić information content (AvgIpc) is 2.61. The summed E-state index contributed by atoms with van der Waals surface area (Å²) in [7, 11) is 0. The minimum Gasteiger partial charge on any atom is -0.462 e. The van der Waals surface area contributed by atoms with Crippen molar-refractivity contribution in [1.82, 2.24) is 9.97 Å². The van der Waals surface area contributed by atoms with E-state index in [4.69, 9.17) is 15.6 Å². The molecule has 26 heavy (non-hydrogen) atoms. The van der Waals surface area contributed by atoms with Crippen LogP contribution in [0.3, 0.4) is 0 Å². The van der Waals surface area contributed by atoms with E-state index < -0.39 is 5.97 Å². The van der Waals surface area contributed by atoms with Gasteiger partial charge in [0, 0.05) is 17.4 Å². The molecule has 2 aromatic rings. The molecular formula is C17H19N5O2S2. The Labute approximate surface area is 160 Å². The highest BCUT2D eigenvalue weighted by Gasteiger charge is 2.16. The second-order valence-electron chi connectivity index (χ2n) is 5.03. The molecule has 0 atom stereocenters. The quantitative estimate of drug-likeness (QED) is 0.223. The van der Waals surface area contributed by atoms with Crippen LogP contribution in [-0.4, -0.2) is 38.9 Å². The van der Waals surface area contributed by atoms with Gasteiger partial charge in [0.1, 0.15) is 16.4 Å².